The van der Waals surface area contributed by atoms with Gasteiger partial charge in [-0.15, -0.1) is 0 Å². The van der Waals surface area contributed by atoms with Crippen molar-refractivity contribution in [3.05, 3.63) is 95.6 Å². The van der Waals surface area contributed by atoms with Crippen LogP contribution in [0.1, 0.15) is 43.4 Å². The van der Waals surface area contributed by atoms with Gasteiger partial charge in [-0.05, 0) is 46.4 Å². The minimum Gasteiger partial charge on any atom is -0.457 e. The molecule has 0 heterocycles. The van der Waals surface area contributed by atoms with E-state index in [1.807, 2.05) is 42.5 Å². The van der Waals surface area contributed by atoms with E-state index in [1.165, 1.54) is 16.7 Å². The lowest BCUT2D eigenvalue weighted by Crippen LogP contribution is -2.15. The minimum absolute atomic E-state index is 0.160. The average molecular weight is 345 g/mol. The molecule has 0 aromatic heterocycles. The molecular weight excluding hydrogens is 318 g/mol. The Bertz CT molecular complexity index is 815. The number of ether oxygens (including phenoxy) is 1. The van der Waals surface area contributed by atoms with Crippen molar-refractivity contribution in [3.63, 3.8) is 0 Å². The maximum Gasteiger partial charge on any atom is 0.127 e. The number of hydrogen-bond acceptors (Lipinski definition) is 2. The predicted molar refractivity (Wildman–Crippen MR) is 109 cm³/mol. The van der Waals surface area contributed by atoms with Crippen LogP contribution < -0.4 is 10.5 Å². The summed E-state index contributed by atoms with van der Waals surface area (Å²) in [4.78, 5) is 0. The second-order valence-electron chi connectivity index (χ2n) is 7.64. The fraction of sp³-hybridized carbons (Fsp3) is 0.250. The van der Waals surface area contributed by atoms with Gasteiger partial charge in [0.15, 0.2) is 0 Å². The zero-order chi connectivity index (χ0) is 18.6. The van der Waals surface area contributed by atoms with E-state index in [9.17, 15) is 0 Å². The summed E-state index contributed by atoms with van der Waals surface area (Å²) in [6.07, 6.45) is 0. The Morgan fingerprint density at radius 3 is 1.73 bits per heavy atom. The highest BCUT2D eigenvalue weighted by atomic mass is 16.5. The standard InChI is InChI=1S/C24H27NO/c1-24(2,3)20-13-9-18(10-14-20)23(17-25)19-11-15-22(16-12-19)26-21-7-5-4-6-8-21/h4-16,23H,17,25H2,1-3H3/t23-/m1/s1. The van der Waals surface area contributed by atoms with Crippen molar-refractivity contribution in [2.24, 2.45) is 5.73 Å². The van der Waals surface area contributed by atoms with Crippen LogP contribution in [-0.4, -0.2) is 6.54 Å². The van der Waals surface area contributed by atoms with Crippen LogP contribution in [0, 0.1) is 0 Å². The Labute approximate surface area is 156 Å². The molecule has 0 spiro atoms. The molecule has 0 amide bonds. The van der Waals surface area contributed by atoms with E-state index in [1.54, 1.807) is 0 Å². The molecule has 0 aliphatic heterocycles. The fourth-order valence-corrected chi connectivity index (χ4v) is 3.07. The number of hydrogen-bond donors (Lipinski definition) is 1. The number of nitrogens with two attached hydrogens (primary N) is 1. The summed E-state index contributed by atoms with van der Waals surface area (Å²) in [7, 11) is 0. The van der Waals surface area contributed by atoms with E-state index in [2.05, 4.69) is 57.2 Å². The molecule has 0 saturated heterocycles. The van der Waals surface area contributed by atoms with E-state index < -0.39 is 0 Å². The SMILES string of the molecule is CC(C)(C)c1ccc([C@@H](CN)c2ccc(Oc3ccccc3)cc2)cc1. The molecule has 0 radical (unpaired) electrons. The van der Waals surface area contributed by atoms with Gasteiger partial charge in [0.25, 0.3) is 0 Å². The molecular formula is C24H27NO. The van der Waals surface area contributed by atoms with Gasteiger partial charge in [0, 0.05) is 12.5 Å². The van der Waals surface area contributed by atoms with Crippen molar-refractivity contribution >= 4 is 0 Å². The average Bonchev–Trinajstić information content (AvgIpc) is 2.64. The molecule has 0 unspecified atom stereocenters. The highest BCUT2D eigenvalue weighted by molar-refractivity contribution is 5.39. The third kappa shape index (κ3) is 4.33. The second kappa shape index (κ2) is 7.76. The molecule has 2 N–H and O–H groups in total. The largest absolute Gasteiger partial charge is 0.457 e. The molecule has 0 aliphatic rings. The van der Waals surface area contributed by atoms with E-state index >= 15 is 0 Å². The summed E-state index contributed by atoms with van der Waals surface area (Å²) in [5.74, 6) is 1.86. The van der Waals surface area contributed by atoms with Crippen LogP contribution in [0.25, 0.3) is 0 Å². The Kier molecular flexibility index (Phi) is 5.43. The highest BCUT2D eigenvalue weighted by Crippen LogP contribution is 2.29. The quantitative estimate of drug-likeness (QED) is 0.628. The summed E-state index contributed by atoms with van der Waals surface area (Å²) >= 11 is 0. The Hall–Kier alpha value is -2.58. The molecule has 0 fully saturated rings. The highest BCUT2D eigenvalue weighted by Gasteiger charge is 2.16. The van der Waals surface area contributed by atoms with Gasteiger partial charge in [-0.1, -0.05) is 75.4 Å². The van der Waals surface area contributed by atoms with E-state index in [0.717, 1.165) is 11.5 Å². The van der Waals surface area contributed by atoms with Crippen molar-refractivity contribution < 1.29 is 4.74 Å². The smallest absolute Gasteiger partial charge is 0.127 e. The van der Waals surface area contributed by atoms with E-state index in [4.69, 9.17) is 10.5 Å². The summed E-state index contributed by atoms with van der Waals surface area (Å²) < 4.78 is 5.87. The van der Waals surface area contributed by atoms with Crippen molar-refractivity contribution in [1.82, 2.24) is 0 Å². The molecule has 3 rings (SSSR count). The van der Waals surface area contributed by atoms with Crippen molar-refractivity contribution in [2.75, 3.05) is 6.54 Å². The van der Waals surface area contributed by atoms with Crippen molar-refractivity contribution in [2.45, 2.75) is 32.1 Å². The van der Waals surface area contributed by atoms with Crippen LogP contribution in [0.2, 0.25) is 0 Å². The Morgan fingerprint density at radius 2 is 1.23 bits per heavy atom. The Morgan fingerprint density at radius 1 is 0.731 bits per heavy atom. The summed E-state index contributed by atoms with van der Waals surface area (Å²) in [5, 5.41) is 0. The summed E-state index contributed by atoms with van der Waals surface area (Å²) in [5.41, 5.74) is 10.0. The zero-order valence-electron chi connectivity index (χ0n) is 15.8. The summed E-state index contributed by atoms with van der Waals surface area (Å²) in [6.45, 7) is 7.27. The van der Waals surface area contributed by atoms with Gasteiger partial charge in [0.2, 0.25) is 0 Å². The Balaban J connectivity index is 1.78. The molecule has 3 aromatic rings. The fourth-order valence-electron chi connectivity index (χ4n) is 3.07. The molecule has 0 aliphatic carbocycles. The van der Waals surface area contributed by atoms with Crippen LogP contribution >= 0.6 is 0 Å². The van der Waals surface area contributed by atoms with Gasteiger partial charge in [0.1, 0.15) is 11.5 Å². The second-order valence-corrected chi connectivity index (χ2v) is 7.64. The van der Waals surface area contributed by atoms with Gasteiger partial charge >= 0.3 is 0 Å². The third-order valence-electron chi connectivity index (χ3n) is 4.68. The molecule has 134 valence electrons. The molecule has 3 aromatic carbocycles. The maximum atomic E-state index is 6.09. The van der Waals surface area contributed by atoms with Gasteiger partial charge in [-0.25, -0.2) is 0 Å². The van der Waals surface area contributed by atoms with Gasteiger partial charge in [0.05, 0.1) is 0 Å². The lowest BCUT2D eigenvalue weighted by Gasteiger charge is -2.21. The zero-order valence-corrected chi connectivity index (χ0v) is 15.8. The molecule has 26 heavy (non-hydrogen) atoms. The first-order valence-electron chi connectivity index (χ1n) is 9.11. The van der Waals surface area contributed by atoms with Crippen LogP contribution in [0.3, 0.4) is 0 Å². The van der Waals surface area contributed by atoms with Gasteiger partial charge in [-0.3, -0.25) is 0 Å². The normalized spacial score (nSPS) is 12.6. The molecule has 2 heteroatoms. The lowest BCUT2D eigenvalue weighted by atomic mass is 9.84. The van der Waals surface area contributed by atoms with E-state index in [0.29, 0.717) is 6.54 Å². The first-order chi connectivity index (χ1) is 12.5. The molecule has 1 atom stereocenters. The van der Waals surface area contributed by atoms with Gasteiger partial charge in [-0.2, -0.15) is 0 Å². The number of para-hydroxylation sites is 1. The lowest BCUT2D eigenvalue weighted by molar-refractivity contribution is 0.482. The first-order valence-corrected chi connectivity index (χ1v) is 9.11. The number of benzene rings is 3. The monoisotopic (exact) mass is 345 g/mol. The van der Waals surface area contributed by atoms with Crippen molar-refractivity contribution in [1.29, 1.82) is 0 Å². The van der Waals surface area contributed by atoms with E-state index in [-0.39, 0.29) is 11.3 Å². The van der Waals surface area contributed by atoms with Crippen LogP contribution in [0.4, 0.5) is 0 Å². The summed E-state index contributed by atoms with van der Waals surface area (Å²) in [6, 6.07) is 26.9. The minimum atomic E-state index is 0.160. The molecule has 0 saturated carbocycles. The molecule has 0 bridgehead atoms. The predicted octanol–water partition coefficient (Wildman–Crippen LogP) is 5.87. The third-order valence-corrected chi connectivity index (χ3v) is 4.68. The van der Waals surface area contributed by atoms with Crippen molar-refractivity contribution in [3.8, 4) is 11.5 Å². The van der Waals surface area contributed by atoms with Crippen LogP contribution in [0.5, 0.6) is 11.5 Å². The maximum absolute atomic E-state index is 6.09. The topological polar surface area (TPSA) is 35.2 Å². The van der Waals surface area contributed by atoms with Gasteiger partial charge < -0.3 is 10.5 Å². The van der Waals surface area contributed by atoms with Crippen LogP contribution in [-0.2, 0) is 5.41 Å². The molecule has 2 nitrogen and oxygen atoms in total. The number of rotatable bonds is 5. The van der Waals surface area contributed by atoms with Crippen LogP contribution in [0.15, 0.2) is 78.9 Å². The first kappa shape index (κ1) is 18.2.